The average Bonchev–Trinajstić information content (AvgIpc) is 2.99. The zero-order valence-corrected chi connectivity index (χ0v) is 11.3. The summed E-state index contributed by atoms with van der Waals surface area (Å²) in [6.07, 6.45) is 3.74. The molecule has 2 N–H and O–H groups in total. The fourth-order valence-corrected chi connectivity index (χ4v) is 2.83. The fourth-order valence-electron chi connectivity index (χ4n) is 2.83. The Kier molecular flexibility index (Phi) is 2.97. The van der Waals surface area contributed by atoms with Gasteiger partial charge in [-0.15, -0.1) is 10.2 Å². The van der Waals surface area contributed by atoms with Crippen molar-refractivity contribution in [2.45, 2.75) is 39.2 Å². The standard InChI is InChI=1S/C14H19N5/c1-14(2)7-6-12(9-14)15-11-5-3-4-10(8-11)13-16-18-19-17-13/h3-5,8,12,15H,6-7,9H2,1-2H3,(H,16,17,18,19). The lowest BCUT2D eigenvalue weighted by molar-refractivity contribution is 0.378. The molecule has 0 bridgehead atoms. The molecule has 1 heterocycles. The number of aromatic amines is 1. The number of rotatable bonds is 3. The molecule has 0 aliphatic heterocycles. The van der Waals surface area contributed by atoms with E-state index in [0.717, 1.165) is 11.3 Å². The van der Waals surface area contributed by atoms with Gasteiger partial charge < -0.3 is 5.32 Å². The van der Waals surface area contributed by atoms with Crippen LogP contribution in [-0.4, -0.2) is 26.7 Å². The van der Waals surface area contributed by atoms with Crippen LogP contribution in [0.4, 0.5) is 5.69 Å². The van der Waals surface area contributed by atoms with Gasteiger partial charge in [0, 0.05) is 17.3 Å². The second-order valence-electron chi connectivity index (χ2n) is 6.06. The van der Waals surface area contributed by atoms with Crippen LogP contribution in [0.5, 0.6) is 0 Å². The molecule has 0 radical (unpaired) electrons. The summed E-state index contributed by atoms with van der Waals surface area (Å²) in [7, 11) is 0. The monoisotopic (exact) mass is 257 g/mol. The molecule has 1 aliphatic rings. The molecular weight excluding hydrogens is 238 g/mol. The number of anilines is 1. The molecule has 100 valence electrons. The summed E-state index contributed by atoms with van der Waals surface area (Å²) in [4.78, 5) is 0. The Morgan fingerprint density at radius 3 is 2.95 bits per heavy atom. The smallest absolute Gasteiger partial charge is 0.204 e. The van der Waals surface area contributed by atoms with Crippen LogP contribution in [0.25, 0.3) is 11.4 Å². The Hall–Kier alpha value is -1.91. The maximum Gasteiger partial charge on any atom is 0.204 e. The Labute approximate surface area is 112 Å². The molecule has 1 aromatic heterocycles. The minimum Gasteiger partial charge on any atom is -0.382 e. The lowest BCUT2D eigenvalue weighted by Gasteiger charge is -2.18. The summed E-state index contributed by atoms with van der Waals surface area (Å²) in [6, 6.07) is 8.75. The molecule has 2 aromatic rings. The van der Waals surface area contributed by atoms with Crippen molar-refractivity contribution in [2.75, 3.05) is 5.32 Å². The molecule has 0 amide bonds. The Bertz CT molecular complexity index is 547. The summed E-state index contributed by atoms with van der Waals surface area (Å²) in [5.74, 6) is 0.635. The van der Waals surface area contributed by atoms with Crippen molar-refractivity contribution in [2.24, 2.45) is 5.41 Å². The van der Waals surface area contributed by atoms with Gasteiger partial charge in [-0.2, -0.15) is 5.21 Å². The lowest BCUT2D eigenvalue weighted by Crippen LogP contribution is -2.17. The Morgan fingerprint density at radius 2 is 2.26 bits per heavy atom. The van der Waals surface area contributed by atoms with Gasteiger partial charge in [-0.25, -0.2) is 0 Å². The van der Waals surface area contributed by atoms with Gasteiger partial charge in [0.05, 0.1) is 0 Å². The summed E-state index contributed by atoms with van der Waals surface area (Å²) in [5, 5.41) is 17.7. The van der Waals surface area contributed by atoms with Crippen LogP contribution in [0, 0.1) is 5.41 Å². The Balaban J connectivity index is 1.74. The summed E-state index contributed by atoms with van der Waals surface area (Å²) >= 11 is 0. The topological polar surface area (TPSA) is 66.5 Å². The highest BCUT2D eigenvalue weighted by molar-refractivity contribution is 5.61. The quantitative estimate of drug-likeness (QED) is 0.887. The van der Waals surface area contributed by atoms with Gasteiger partial charge in [0.25, 0.3) is 0 Å². The third-order valence-corrected chi connectivity index (χ3v) is 3.81. The molecule has 1 atom stereocenters. The van der Waals surface area contributed by atoms with E-state index in [9.17, 15) is 0 Å². The normalized spacial score (nSPS) is 21.5. The predicted molar refractivity (Wildman–Crippen MR) is 74.7 cm³/mol. The van der Waals surface area contributed by atoms with Crippen LogP contribution in [-0.2, 0) is 0 Å². The minimum atomic E-state index is 0.461. The maximum absolute atomic E-state index is 4.01. The molecule has 0 saturated heterocycles. The number of tetrazole rings is 1. The van der Waals surface area contributed by atoms with Crippen molar-refractivity contribution in [1.29, 1.82) is 0 Å². The van der Waals surface area contributed by atoms with Crippen LogP contribution in [0.3, 0.4) is 0 Å². The SMILES string of the molecule is CC1(C)CCC(Nc2cccc(-c3nn[nH]n3)c2)C1. The van der Waals surface area contributed by atoms with E-state index in [4.69, 9.17) is 0 Å². The third-order valence-electron chi connectivity index (χ3n) is 3.81. The van der Waals surface area contributed by atoms with E-state index >= 15 is 0 Å². The maximum atomic E-state index is 4.01. The van der Waals surface area contributed by atoms with Crippen molar-refractivity contribution in [3.63, 3.8) is 0 Å². The number of nitrogens with one attached hydrogen (secondary N) is 2. The molecule has 1 aliphatic carbocycles. The van der Waals surface area contributed by atoms with E-state index in [1.54, 1.807) is 0 Å². The van der Waals surface area contributed by atoms with Crippen LogP contribution >= 0.6 is 0 Å². The van der Waals surface area contributed by atoms with Gasteiger partial charge in [-0.3, -0.25) is 0 Å². The number of aromatic nitrogens is 4. The largest absolute Gasteiger partial charge is 0.382 e. The van der Waals surface area contributed by atoms with E-state index in [1.807, 2.05) is 12.1 Å². The van der Waals surface area contributed by atoms with Gasteiger partial charge in [-0.1, -0.05) is 26.0 Å². The molecule has 5 heteroatoms. The molecular formula is C14H19N5. The molecule has 1 saturated carbocycles. The second-order valence-corrected chi connectivity index (χ2v) is 6.06. The highest BCUT2D eigenvalue weighted by Gasteiger charge is 2.30. The molecule has 1 aromatic carbocycles. The number of H-pyrrole nitrogens is 1. The summed E-state index contributed by atoms with van der Waals surface area (Å²) in [5.41, 5.74) is 2.57. The molecule has 5 nitrogen and oxygen atoms in total. The van der Waals surface area contributed by atoms with Gasteiger partial charge in [0.1, 0.15) is 0 Å². The first-order valence-electron chi connectivity index (χ1n) is 6.73. The molecule has 1 unspecified atom stereocenters. The first kappa shape index (κ1) is 12.1. The van der Waals surface area contributed by atoms with Gasteiger partial charge in [0.2, 0.25) is 5.82 Å². The van der Waals surface area contributed by atoms with Crippen LogP contribution in [0.1, 0.15) is 33.1 Å². The summed E-state index contributed by atoms with van der Waals surface area (Å²) in [6.45, 7) is 4.68. The molecule has 19 heavy (non-hydrogen) atoms. The fraction of sp³-hybridized carbons (Fsp3) is 0.500. The molecule has 0 spiro atoms. The number of nitrogens with zero attached hydrogens (tertiary/aromatic N) is 3. The van der Waals surface area contributed by atoms with Crippen molar-refractivity contribution in [1.82, 2.24) is 20.6 Å². The van der Waals surface area contributed by atoms with E-state index in [1.165, 1.54) is 19.3 Å². The second kappa shape index (κ2) is 4.64. The average molecular weight is 257 g/mol. The number of hydrogen-bond acceptors (Lipinski definition) is 4. The van der Waals surface area contributed by atoms with E-state index in [2.05, 4.69) is 51.9 Å². The predicted octanol–water partition coefficient (Wildman–Crippen LogP) is 2.86. The highest BCUT2D eigenvalue weighted by atomic mass is 15.5. The van der Waals surface area contributed by atoms with Crippen molar-refractivity contribution < 1.29 is 0 Å². The zero-order valence-electron chi connectivity index (χ0n) is 11.3. The van der Waals surface area contributed by atoms with E-state index in [0.29, 0.717) is 17.3 Å². The van der Waals surface area contributed by atoms with E-state index in [-0.39, 0.29) is 0 Å². The Morgan fingerprint density at radius 1 is 1.37 bits per heavy atom. The molecule has 3 rings (SSSR count). The third kappa shape index (κ3) is 2.75. The highest BCUT2D eigenvalue weighted by Crippen LogP contribution is 2.38. The van der Waals surface area contributed by atoms with Crippen LogP contribution in [0.2, 0.25) is 0 Å². The van der Waals surface area contributed by atoms with Crippen molar-refractivity contribution in [3.8, 4) is 11.4 Å². The zero-order chi connectivity index (χ0) is 13.3. The van der Waals surface area contributed by atoms with Crippen molar-refractivity contribution >= 4 is 5.69 Å². The van der Waals surface area contributed by atoms with Gasteiger partial charge in [-0.05, 0) is 42.0 Å². The van der Waals surface area contributed by atoms with Gasteiger partial charge in [0.15, 0.2) is 0 Å². The van der Waals surface area contributed by atoms with Gasteiger partial charge >= 0.3 is 0 Å². The van der Waals surface area contributed by atoms with Crippen LogP contribution in [0.15, 0.2) is 24.3 Å². The lowest BCUT2D eigenvalue weighted by atomic mass is 9.92. The number of hydrogen-bond donors (Lipinski definition) is 2. The summed E-state index contributed by atoms with van der Waals surface area (Å²) < 4.78 is 0. The first-order chi connectivity index (χ1) is 9.12. The van der Waals surface area contributed by atoms with E-state index < -0.39 is 0 Å². The number of benzene rings is 1. The molecule has 1 fully saturated rings. The van der Waals surface area contributed by atoms with Crippen molar-refractivity contribution in [3.05, 3.63) is 24.3 Å². The van der Waals surface area contributed by atoms with Crippen LogP contribution < -0.4 is 5.32 Å². The first-order valence-corrected chi connectivity index (χ1v) is 6.73. The minimum absolute atomic E-state index is 0.461.